The summed E-state index contributed by atoms with van der Waals surface area (Å²) in [6, 6.07) is 18.4. The Morgan fingerprint density at radius 2 is 1.74 bits per heavy atom. The molecule has 0 aliphatic carbocycles. The van der Waals surface area contributed by atoms with Crippen LogP contribution in [0.5, 0.6) is 0 Å². The van der Waals surface area contributed by atoms with E-state index in [0.29, 0.717) is 13.1 Å². The first kappa shape index (κ1) is 19.2. The summed E-state index contributed by atoms with van der Waals surface area (Å²) in [6.07, 6.45) is 0. The van der Waals surface area contributed by atoms with Crippen LogP contribution in [0.4, 0.5) is 0 Å². The number of nitrogens with zero attached hydrogens (tertiary/aromatic N) is 3. The number of carbonyl (C=O) groups excluding carboxylic acids is 1. The van der Waals surface area contributed by atoms with Crippen molar-refractivity contribution in [3.63, 3.8) is 0 Å². The van der Waals surface area contributed by atoms with Gasteiger partial charge in [0.05, 0.1) is 11.8 Å². The predicted octanol–water partition coefficient (Wildman–Crippen LogP) is 3.74. The van der Waals surface area contributed by atoms with Crippen LogP contribution in [-0.4, -0.2) is 25.9 Å². The lowest BCUT2D eigenvalue weighted by Crippen LogP contribution is -2.30. The van der Waals surface area contributed by atoms with Gasteiger partial charge in [-0.25, -0.2) is 0 Å². The fourth-order valence-electron chi connectivity index (χ4n) is 2.65. The second-order valence-corrected chi connectivity index (χ2v) is 7.87. The summed E-state index contributed by atoms with van der Waals surface area (Å²) in [5.74, 6) is 0.834. The Morgan fingerprint density at radius 1 is 1.04 bits per heavy atom. The van der Waals surface area contributed by atoms with E-state index in [1.54, 1.807) is 0 Å². The number of aryl methyl sites for hydroxylation is 2. The van der Waals surface area contributed by atoms with Crippen molar-refractivity contribution in [2.45, 2.75) is 44.3 Å². The van der Waals surface area contributed by atoms with Crippen LogP contribution in [0.25, 0.3) is 0 Å². The van der Waals surface area contributed by atoms with Gasteiger partial charge in [0.25, 0.3) is 0 Å². The van der Waals surface area contributed by atoms with Gasteiger partial charge in [-0.15, -0.1) is 10.2 Å². The molecule has 0 radical (unpaired) electrons. The van der Waals surface area contributed by atoms with Gasteiger partial charge in [-0.05, 0) is 31.9 Å². The molecule has 1 amide bonds. The molecule has 0 saturated heterocycles. The molecule has 1 atom stereocenters. The average molecular weight is 381 g/mol. The van der Waals surface area contributed by atoms with Crippen molar-refractivity contribution in [3.05, 3.63) is 77.1 Å². The third-order valence-corrected chi connectivity index (χ3v) is 5.40. The first-order valence-corrected chi connectivity index (χ1v) is 9.84. The molecule has 1 heterocycles. The molecule has 140 valence electrons. The summed E-state index contributed by atoms with van der Waals surface area (Å²) in [7, 11) is 0. The molecule has 1 N–H and O–H groups in total. The molecule has 2 aromatic carbocycles. The number of benzene rings is 2. The molecule has 3 rings (SSSR count). The first-order valence-electron chi connectivity index (χ1n) is 8.96. The van der Waals surface area contributed by atoms with Crippen molar-refractivity contribution in [3.8, 4) is 0 Å². The summed E-state index contributed by atoms with van der Waals surface area (Å²) in [5.41, 5.74) is 3.48. The molecule has 0 aliphatic rings. The minimum absolute atomic E-state index is 0.00695. The van der Waals surface area contributed by atoms with Crippen LogP contribution in [0.2, 0.25) is 0 Å². The van der Waals surface area contributed by atoms with E-state index in [2.05, 4.69) is 46.7 Å². The maximum Gasteiger partial charge on any atom is 0.233 e. The van der Waals surface area contributed by atoms with Gasteiger partial charge >= 0.3 is 0 Å². The van der Waals surface area contributed by atoms with Gasteiger partial charge in [0.1, 0.15) is 5.82 Å². The van der Waals surface area contributed by atoms with Crippen LogP contribution in [0, 0.1) is 13.8 Å². The lowest BCUT2D eigenvalue weighted by molar-refractivity contribution is -0.120. The average Bonchev–Trinajstić information content (AvgIpc) is 3.01. The van der Waals surface area contributed by atoms with Gasteiger partial charge < -0.3 is 9.88 Å². The zero-order valence-corrected chi connectivity index (χ0v) is 16.7. The monoisotopic (exact) mass is 380 g/mol. The van der Waals surface area contributed by atoms with Crippen molar-refractivity contribution in [2.75, 3.05) is 0 Å². The SMILES string of the molecule is Cc1ccc(CNC(=O)C(C)Sc2nnc(C)n2Cc2ccccc2)cc1. The Morgan fingerprint density at radius 3 is 2.44 bits per heavy atom. The summed E-state index contributed by atoms with van der Waals surface area (Å²) in [5, 5.41) is 11.9. The van der Waals surface area contributed by atoms with Crippen LogP contribution >= 0.6 is 11.8 Å². The quantitative estimate of drug-likeness (QED) is 0.635. The second-order valence-electron chi connectivity index (χ2n) is 6.57. The topological polar surface area (TPSA) is 59.8 Å². The maximum absolute atomic E-state index is 12.5. The van der Waals surface area contributed by atoms with E-state index >= 15 is 0 Å². The van der Waals surface area contributed by atoms with E-state index in [-0.39, 0.29) is 11.2 Å². The number of nitrogens with one attached hydrogen (secondary N) is 1. The highest BCUT2D eigenvalue weighted by Gasteiger charge is 2.19. The Bertz CT molecular complexity index is 890. The van der Waals surface area contributed by atoms with Crippen LogP contribution in [-0.2, 0) is 17.9 Å². The zero-order valence-electron chi connectivity index (χ0n) is 15.8. The van der Waals surface area contributed by atoms with E-state index in [0.717, 1.165) is 16.5 Å². The Balaban J connectivity index is 1.61. The molecule has 0 aliphatic heterocycles. The number of rotatable bonds is 7. The van der Waals surface area contributed by atoms with Gasteiger partial charge in [-0.3, -0.25) is 4.79 Å². The smallest absolute Gasteiger partial charge is 0.233 e. The highest BCUT2D eigenvalue weighted by molar-refractivity contribution is 8.00. The second kappa shape index (κ2) is 8.86. The summed E-state index contributed by atoms with van der Waals surface area (Å²) in [6.45, 7) is 7.10. The number of carbonyl (C=O) groups is 1. The van der Waals surface area contributed by atoms with E-state index < -0.39 is 0 Å². The third-order valence-electron chi connectivity index (χ3n) is 4.32. The van der Waals surface area contributed by atoms with E-state index in [4.69, 9.17) is 0 Å². The molecule has 3 aromatic rings. The first-order chi connectivity index (χ1) is 13.0. The van der Waals surface area contributed by atoms with E-state index in [9.17, 15) is 4.79 Å². The van der Waals surface area contributed by atoms with Gasteiger partial charge in [-0.2, -0.15) is 0 Å². The van der Waals surface area contributed by atoms with Gasteiger partial charge in [0.2, 0.25) is 5.91 Å². The van der Waals surface area contributed by atoms with Crippen LogP contribution in [0.1, 0.15) is 29.4 Å². The molecule has 5 nitrogen and oxygen atoms in total. The van der Waals surface area contributed by atoms with Gasteiger partial charge in [-0.1, -0.05) is 71.9 Å². The summed E-state index contributed by atoms with van der Waals surface area (Å²) >= 11 is 1.43. The molecule has 0 spiro atoms. The van der Waals surface area contributed by atoms with Gasteiger partial charge in [0.15, 0.2) is 5.16 Å². The zero-order chi connectivity index (χ0) is 19.2. The van der Waals surface area contributed by atoms with Crippen LogP contribution < -0.4 is 5.32 Å². The minimum Gasteiger partial charge on any atom is -0.351 e. The Labute approximate surface area is 164 Å². The van der Waals surface area contributed by atoms with E-state index in [1.807, 2.05) is 48.7 Å². The van der Waals surface area contributed by atoms with Crippen molar-refractivity contribution < 1.29 is 4.79 Å². The highest BCUT2D eigenvalue weighted by atomic mass is 32.2. The summed E-state index contributed by atoms with van der Waals surface area (Å²) < 4.78 is 2.05. The molecule has 6 heteroatoms. The van der Waals surface area contributed by atoms with Gasteiger partial charge in [0, 0.05) is 6.54 Å². The molecule has 0 bridgehead atoms. The molecule has 27 heavy (non-hydrogen) atoms. The van der Waals surface area contributed by atoms with E-state index in [1.165, 1.54) is 22.9 Å². The fraction of sp³-hybridized carbons (Fsp3) is 0.286. The largest absolute Gasteiger partial charge is 0.351 e. The third kappa shape index (κ3) is 5.20. The highest BCUT2D eigenvalue weighted by Crippen LogP contribution is 2.23. The molecule has 0 saturated carbocycles. The summed E-state index contributed by atoms with van der Waals surface area (Å²) in [4.78, 5) is 12.5. The standard InChI is InChI=1S/C21H24N4OS/c1-15-9-11-18(12-10-15)13-22-20(26)16(2)27-21-24-23-17(3)25(21)14-19-7-5-4-6-8-19/h4-12,16H,13-14H2,1-3H3,(H,22,26). The Kier molecular flexibility index (Phi) is 6.29. The Hall–Kier alpha value is -2.60. The molecular formula is C21H24N4OS. The number of amides is 1. The lowest BCUT2D eigenvalue weighted by atomic mass is 10.1. The predicted molar refractivity (Wildman–Crippen MR) is 109 cm³/mol. The maximum atomic E-state index is 12.5. The van der Waals surface area contributed by atoms with Crippen LogP contribution in [0.15, 0.2) is 59.8 Å². The number of thioether (sulfide) groups is 1. The molecule has 1 unspecified atom stereocenters. The number of aromatic nitrogens is 3. The fourth-order valence-corrected chi connectivity index (χ4v) is 3.57. The molecule has 1 aromatic heterocycles. The van der Waals surface area contributed by atoms with Crippen molar-refractivity contribution in [1.29, 1.82) is 0 Å². The molecule has 0 fully saturated rings. The van der Waals surface area contributed by atoms with Crippen molar-refractivity contribution in [2.24, 2.45) is 0 Å². The number of hydrogen-bond donors (Lipinski definition) is 1. The minimum atomic E-state index is -0.256. The lowest BCUT2D eigenvalue weighted by Gasteiger charge is -2.13. The van der Waals surface area contributed by atoms with Crippen LogP contribution in [0.3, 0.4) is 0 Å². The number of hydrogen-bond acceptors (Lipinski definition) is 4. The van der Waals surface area contributed by atoms with Crippen molar-refractivity contribution in [1.82, 2.24) is 20.1 Å². The van der Waals surface area contributed by atoms with Crippen molar-refractivity contribution >= 4 is 17.7 Å². The molecular weight excluding hydrogens is 356 g/mol. The normalized spacial score (nSPS) is 12.0.